The first kappa shape index (κ1) is 40.2. The monoisotopic (exact) mass is 680 g/mol. The largest absolute Gasteiger partial charge is 0.462 e. The summed E-state index contributed by atoms with van der Waals surface area (Å²) in [4.78, 5) is 59.3. The second-order valence-electron chi connectivity index (χ2n) is 11.3. The molecule has 3 rings (SSSR count). The lowest BCUT2D eigenvalue weighted by atomic mass is 10.1. The number of carbonyl (C=O) groups excluding carboxylic acids is 5. The van der Waals surface area contributed by atoms with E-state index >= 15 is 0 Å². The Morgan fingerprint density at radius 2 is 1.27 bits per heavy atom. The summed E-state index contributed by atoms with van der Waals surface area (Å²) < 4.78 is 31.0. The molecule has 0 aliphatic heterocycles. The third-order valence-corrected chi connectivity index (χ3v) is 7.07. The van der Waals surface area contributed by atoms with Crippen molar-refractivity contribution in [3.63, 3.8) is 0 Å². The van der Waals surface area contributed by atoms with Crippen molar-refractivity contribution in [1.82, 2.24) is 16.0 Å². The Kier molecular flexibility index (Phi) is 17.9. The molecule has 0 radical (unpaired) electrons. The molecule has 0 fully saturated rings. The van der Waals surface area contributed by atoms with Crippen LogP contribution in [0, 0.1) is 11.6 Å². The molecule has 0 heterocycles. The zero-order chi connectivity index (χ0) is 36.2. The number of hydrogen-bond acceptors (Lipinski definition) is 8. The minimum Gasteiger partial charge on any atom is -0.462 e. The second-order valence-corrected chi connectivity index (χ2v) is 11.3. The molecular formula is C37H46F2N4O6. The van der Waals surface area contributed by atoms with Crippen LogP contribution in [0.1, 0.15) is 74.9 Å². The summed E-state index contributed by atoms with van der Waals surface area (Å²) in [5, 5.41) is 10.7. The predicted octanol–water partition coefficient (Wildman–Crippen LogP) is 5.26. The average Bonchev–Trinajstić information content (AvgIpc) is 3.05. The summed E-state index contributed by atoms with van der Waals surface area (Å²) >= 11 is 0. The highest BCUT2D eigenvalue weighted by atomic mass is 19.1. The van der Waals surface area contributed by atoms with E-state index in [1.807, 2.05) is 30.3 Å². The van der Waals surface area contributed by atoms with Gasteiger partial charge in [0.1, 0.15) is 17.7 Å². The van der Waals surface area contributed by atoms with E-state index in [4.69, 9.17) is 4.74 Å². The molecule has 4 amide bonds. The maximum absolute atomic E-state index is 13.0. The van der Waals surface area contributed by atoms with Gasteiger partial charge in [-0.3, -0.25) is 29.8 Å². The van der Waals surface area contributed by atoms with Crippen molar-refractivity contribution in [3.05, 3.63) is 101 Å². The molecule has 0 aliphatic carbocycles. The molecule has 0 aliphatic rings. The van der Waals surface area contributed by atoms with E-state index in [2.05, 4.69) is 28.2 Å². The topological polar surface area (TPSA) is 143 Å². The van der Waals surface area contributed by atoms with Crippen LogP contribution in [-0.2, 0) is 36.8 Å². The Morgan fingerprint density at radius 1 is 0.694 bits per heavy atom. The molecule has 0 spiro atoms. The molecule has 12 heteroatoms. The maximum Gasteiger partial charge on any atom is 0.338 e. The van der Waals surface area contributed by atoms with Crippen LogP contribution in [0.4, 0.5) is 14.5 Å². The van der Waals surface area contributed by atoms with Crippen molar-refractivity contribution in [1.29, 1.82) is 0 Å². The third-order valence-electron chi connectivity index (χ3n) is 7.07. The van der Waals surface area contributed by atoms with Crippen LogP contribution < -0.4 is 21.3 Å². The van der Waals surface area contributed by atoms with Crippen LogP contribution in [0.3, 0.4) is 0 Å². The van der Waals surface area contributed by atoms with Crippen LogP contribution in [0.15, 0.2) is 72.8 Å². The summed E-state index contributed by atoms with van der Waals surface area (Å²) in [6.07, 6.45) is 4.28. The Hall–Kier alpha value is -4.97. The summed E-state index contributed by atoms with van der Waals surface area (Å²) in [6, 6.07) is 17.6. The highest BCUT2D eigenvalue weighted by Gasteiger charge is 2.17. The lowest BCUT2D eigenvalue weighted by Crippen LogP contribution is -2.45. The van der Waals surface area contributed by atoms with Crippen molar-refractivity contribution < 1.29 is 37.5 Å². The molecule has 0 aromatic heterocycles. The molecule has 2 atom stereocenters. The van der Waals surface area contributed by atoms with Gasteiger partial charge in [-0.05, 0) is 81.3 Å². The minimum absolute atomic E-state index is 0.146. The van der Waals surface area contributed by atoms with Gasteiger partial charge in [-0.15, -0.1) is 0 Å². The summed E-state index contributed by atoms with van der Waals surface area (Å²) in [5.41, 5.74) is 2.13. The zero-order valence-electron chi connectivity index (χ0n) is 28.4. The molecule has 49 heavy (non-hydrogen) atoms. The first-order chi connectivity index (χ1) is 23.4. The fourth-order valence-corrected chi connectivity index (χ4v) is 4.45. The highest BCUT2D eigenvalue weighted by molar-refractivity contribution is 5.99. The Bertz CT molecular complexity index is 1500. The van der Waals surface area contributed by atoms with Crippen molar-refractivity contribution in [3.8, 4) is 0 Å². The van der Waals surface area contributed by atoms with Gasteiger partial charge in [-0.1, -0.05) is 56.5 Å². The summed E-state index contributed by atoms with van der Waals surface area (Å²) in [5.74, 6) is -3.69. The van der Waals surface area contributed by atoms with E-state index in [9.17, 15) is 32.8 Å². The van der Waals surface area contributed by atoms with E-state index in [-0.39, 0.29) is 24.3 Å². The molecular weight excluding hydrogens is 634 g/mol. The van der Waals surface area contributed by atoms with Gasteiger partial charge in [-0.2, -0.15) is 0 Å². The van der Waals surface area contributed by atoms with Gasteiger partial charge in [0, 0.05) is 11.8 Å². The van der Waals surface area contributed by atoms with E-state index < -0.39 is 47.4 Å². The van der Waals surface area contributed by atoms with Crippen molar-refractivity contribution in [2.45, 2.75) is 78.3 Å². The van der Waals surface area contributed by atoms with Crippen LogP contribution in [0.2, 0.25) is 0 Å². The van der Waals surface area contributed by atoms with E-state index in [1.165, 1.54) is 0 Å². The van der Waals surface area contributed by atoms with Gasteiger partial charge < -0.3 is 15.4 Å². The molecule has 0 saturated carbocycles. The number of carbonyl (C=O) groups is 5. The van der Waals surface area contributed by atoms with Crippen LogP contribution in [0.25, 0.3) is 0 Å². The number of nitrogens with one attached hydrogen (secondary N) is 4. The number of benzene rings is 3. The summed E-state index contributed by atoms with van der Waals surface area (Å²) in [7, 11) is 0. The Morgan fingerprint density at radius 3 is 1.84 bits per heavy atom. The molecule has 264 valence electrons. The quantitative estimate of drug-likeness (QED) is 0.119. The van der Waals surface area contributed by atoms with Gasteiger partial charge >= 0.3 is 5.97 Å². The SMILES string of the molecule is CCCCCCN[C@@H](C)C(=O)NC(=O)Cc1cc(F)cc(F)c1.CCOC(=O)c1ccc(N[C@@H](C)C(=O)NC(=O)Cc2ccccc2)cc1. The van der Waals surface area contributed by atoms with Crippen molar-refractivity contribution in [2.24, 2.45) is 0 Å². The smallest absolute Gasteiger partial charge is 0.338 e. The van der Waals surface area contributed by atoms with Gasteiger partial charge in [0.25, 0.3) is 0 Å². The number of halogens is 2. The lowest BCUT2D eigenvalue weighted by Gasteiger charge is -2.15. The highest BCUT2D eigenvalue weighted by Crippen LogP contribution is 2.12. The number of amides is 4. The van der Waals surface area contributed by atoms with E-state index in [1.54, 1.807) is 45.0 Å². The third kappa shape index (κ3) is 16.1. The fourth-order valence-electron chi connectivity index (χ4n) is 4.45. The van der Waals surface area contributed by atoms with Crippen molar-refractivity contribution in [2.75, 3.05) is 18.5 Å². The first-order valence-corrected chi connectivity index (χ1v) is 16.3. The molecule has 3 aromatic carbocycles. The molecule has 3 aromatic rings. The van der Waals surface area contributed by atoms with E-state index in [0.717, 1.165) is 49.4 Å². The number of unbranched alkanes of at least 4 members (excludes halogenated alkanes) is 3. The van der Waals surface area contributed by atoms with Crippen LogP contribution >= 0.6 is 0 Å². The molecule has 4 N–H and O–H groups in total. The van der Waals surface area contributed by atoms with Crippen molar-refractivity contribution >= 4 is 35.3 Å². The molecule has 10 nitrogen and oxygen atoms in total. The molecule has 0 saturated heterocycles. The van der Waals surface area contributed by atoms with Gasteiger partial charge in [-0.25, -0.2) is 13.6 Å². The zero-order valence-corrected chi connectivity index (χ0v) is 28.4. The van der Waals surface area contributed by atoms with Gasteiger partial charge in [0.15, 0.2) is 0 Å². The number of ether oxygens (including phenoxy) is 1. The second kappa shape index (κ2) is 21.8. The number of imide groups is 2. The van der Waals surface area contributed by atoms with Crippen LogP contribution in [-0.4, -0.2) is 54.8 Å². The number of anilines is 1. The maximum atomic E-state index is 13.0. The summed E-state index contributed by atoms with van der Waals surface area (Å²) in [6.45, 7) is 8.21. The van der Waals surface area contributed by atoms with Gasteiger partial charge in [0.2, 0.25) is 23.6 Å². The number of esters is 1. The first-order valence-electron chi connectivity index (χ1n) is 16.3. The number of hydrogen-bond donors (Lipinski definition) is 4. The Labute approximate surface area is 286 Å². The van der Waals surface area contributed by atoms with Crippen LogP contribution in [0.5, 0.6) is 0 Å². The molecule has 0 bridgehead atoms. The number of rotatable bonds is 16. The standard InChI is InChI=1S/C20H22N2O4.C17H24F2N2O2/c1-3-26-20(25)16-9-11-17(12-10-16)21-14(2)19(24)22-18(23)13-15-7-5-4-6-8-15;1-3-4-5-6-7-20-12(2)17(23)21-16(22)10-13-8-14(18)11-15(19)9-13/h4-12,14,21H,3,13H2,1-2H3,(H,22,23,24);8-9,11-12,20H,3-7,10H2,1-2H3,(H,21,22,23)/t14-;12-/m00/s1. The van der Waals surface area contributed by atoms with Gasteiger partial charge in [0.05, 0.1) is 31.1 Å². The average molecular weight is 681 g/mol. The Balaban J connectivity index is 0.000000343. The van der Waals surface area contributed by atoms with E-state index in [0.29, 0.717) is 24.4 Å². The minimum atomic E-state index is -0.749. The normalized spacial score (nSPS) is 11.6. The lowest BCUT2D eigenvalue weighted by molar-refractivity contribution is -0.132. The fraction of sp³-hybridized carbons (Fsp3) is 0.378. The predicted molar refractivity (Wildman–Crippen MR) is 184 cm³/mol. The molecule has 0 unspecified atom stereocenters.